The number of fused-ring (bicyclic) bond motifs is 1. The quantitative estimate of drug-likeness (QED) is 0.755. The van der Waals surface area contributed by atoms with Gasteiger partial charge in [-0.25, -0.2) is 4.98 Å². The largest absolute Gasteiger partial charge is 0.469 e. The fourth-order valence-corrected chi connectivity index (χ4v) is 2.71. The molecule has 0 aliphatic rings. The first-order valence-corrected chi connectivity index (χ1v) is 7.52. The smallest absolute Gasteiger partial charge is 0.110 e. The monoisotopic (exact) mass is 283 g/mol. The van der Waals surface area contributed by atoms with Crippen molar-refractivity contribution in [1.29, 1.82) is 0 Å². The number of nitrogens with zero attached hydrogens (tertiary/aromatic N) is 2. The molecule has 0 aliphatic heterocycles. The summed E-state index contributed by atoms with van der Waals surface area (Å²) in [7, 11) is 0. The second-order valence-electron chi connectivity index (χ2n) is 5.29. The number of imidazole rings is 1. The minimum absolute atomic E-state index is 0.554. The molecule has 2 N–H and O–H groups in total. The Kier molecular flexibility index (Phi) is 4.06. The lowest BCUT2D eigenvalue weighted by Crippen LogP contribution is -2.04. The fourth-order valence-electron chi connectivity index (χ4n) is 2.71. The van der Waals surface area contributed by atoms with E-state index in [9.17, 15) is 0 Å². The Morgan fingerprint density at radius 1 is 1.24 bits per heavy atom. The van der Waals surface area contributed by atoms with Crippen LogP contribution in [0.2, 0.25) is 0 Å². The molecule has 0 amide bonds. The third-order valence-electron chi connectivity index (χ3n) is 3.75. The molecular formula is C17H21N3O. The van der Waals surface area contributed by atoms with E-state index in [2.05, 4.69) is 29.7 Å². The first kappa shape index (κ1) is 13.9. The SMILES string of the molecule is CCCn1c(CCc2ccco2)nc2cc(CN)ccc21. The third-order valence-corrected chi connectivity index (χ3v) is 3.75. The number of hydrogen-bond donors (Lipinski definition) is 1. The summed E-state index contributed by atoms with van der Waals surface area (Å²) < 4.78 is 7.73. The van der Waals surface area contributed by atoms with E-state index in [1.54, 1.807) is 6.26 Å². The van der Waals surface area contributed by atoms with Crippen LogP contribution in [0, 0.1) is 0 Å². The van der Waals surface area contributed by atoms with E-state index < -0.39 is 0 Å². The zero-order valence-corrected chi connectivity index (χ0v) is 12.4. The molecule has 0 spiro atoms. The van der Waals surface area contributed by atoms with Gasteiger partial charge in [-0.2, -0.15) is 0 Å². The maximum atomic E-state index is 5.72. The van der Waals surface area contributed by atoms with Crippen molar-refractivity contribution in [1.82, 2.24) is 9.55 Å². The predicted octanol–water partition coefficient (Wildman–Crippen LogP) is 3.28. The Labute approximate surface area is 124 Å². The van der Waals surface area contributed by atoms with Crippen LogP contribution in [-0.2, 0) is 25.9 Å². The Balaban J connectivity index is 1.93. The van der Waals surface area contributed by atoms with Crippen molar-refractivity contribution in [2.24, 2.45) is 5.73 Å². The molecule has 110 valence electrons. The molecule has 0 saturated carbocycles. The summed E-state index contributed by atoms with van der Waals surface area (Å²) in [6.45, 7) is 3.74. The van der Waals surface area contributed by atoms with E-state index >= 15 is 0 Å². The zero-order chi connectivity index (χ0) is 14.7. The number of nitrogens with two attached hydrogens (primary N) is 1. The zero-order valence-electron chi connectivity index (χ0n) is 12.4. The maximum absolute atomic E-state index is 5.72. The molecule has 4 heteroatoms. The van der Waals surface area contributed by atoms with E-state index in [1.807, 2.05) is 12.1 Å². The van der Waals surface area contributed by atoms with Crippen molar-refractivity contribution in [2.45, 2.75) is 39.3 Å². The van der Waals surface area contributed by atoms with E-state index in [-0.39, 0.29) is 0 Å². The maximum Gasteiger partial charge on any atom is 0.110 e. The molecular weight excluding hydrogens is 262 g/mol. The van der Waals surface area contributed by atoms with Gasteiger partial charge in [0.1, 0.15) is 11.6 Å². The number of aromatic nitrogens is 2. The Morgan fingerprint density at radius 2 is 2.14 bits per heavy atom. The van der Waals surface area contributed by atoms with E-state index in [1.165, 1.54) is 5.52 Å². The average Bonchev–Trinajstić information content (AvgIpc) is 3.13. The van der Waals surface area contributed by atoms with Crippen LogP contribution in [0.5, 0.6) is 0 Å². The van der Waals surface area contributed by atoms with Crippen LogP contribution in [0.4, 0.5) is 0 Å². The Morgan fingerprint density at radius 3 is 2.86 bits per heavy atom. The third kappa shape index (κ3) is 2.85. The van der Waals surface area contributed by atoms with Crippen molar-refractivity contribution < 1.29 is 4.42 Å². The van der Waals surface area contributed by atoms with Gasteiger partial charge < -0.3 is 14.7 Å². The Bertz CT molecular complexity index is 713. The van der Waals surface area contributed by atoms with Crippen LogP contribution in [-0.4, -0.2) is 9.55 Å². The standard InChI is InChI=1S/C17H21N3O/c1-2-9-20-16-7-5-13(12-18)11-15(16)19-17(20)8-6-14-4-3-10-21-14/h3-5,7,10-11H,2,6,8-9,12,18H2,1H3. The molecule has 0 unspecified atom stereocenters. The van der Waals surface area contributed by atoms with Crippen molar-refractivity contribution in [2.75, 3.05) is 0 Å². The molecule has 2 heterocycles. The van der Waals surface area contributed by atoms with Crippen molar-refractivity contribution in [3.63, 3.8) is 0 Å². The van der Waals surface area contributed by atoms with Gasteiger partial charge in [0.05, 0.1) is 17.3 Å². The van der Waals surface area contributed by atoms with E-state index in [0.717, 1.165) is 48.5 Å². The molecule has 2 aromatic heterocycles. The van der Waals surface area contributed by atoms with Crippen molar-refractivity contribution in [3.8, 4) is 0 Å². The number of furan rings is 1. The molecule has 3 rings (SSSR count). The second-order valence-corrected chi connectivity index (χ2v) is 5.29. The van der Waals surface area contributed by atoms with Gasteiger partial charge >= 0.3 is 0 Å². The topological polar surface area (TPSA) is 57.0 Å². The van der Waals surface area contributed by atoms with Crippen LogP contribution >= 0.6 is 0 Å². The fraction of sp³-hybridized carbons (Fsp3) is 0.353. The van der Waals surface area contributed by atoms with Crippen LogP contribution in [0.15, 0.2) is 41.0 Å². The molecule has 0 atom stereocenters. The normalized spacial score (nSPS) is 11.3. The van der Waals surface area contributed by atoms with Gasteiger partial charge in [-0.3, -0.25) is 0 Å². The summed E-state index contributed by atoms with van der Waals surface area (Å²) in [6, 6.07) is 10.3. The summed E-state index contributed by atoms with van der Waals surface area (Å²) in [4.78, 5) is 4.81. The van der Waals surface area contributed by atoms with Gasteiger partial charge in [0.15, 0.2) is 0 Å². The van der Waals surface area contributed by atoms with E-state index in [0.29, 0.717) is 6.54 Å². The van der Waals surface area contributed by atoms with Crippen LogP contribution in [0.3, 0.4) is 0 Å². The summed E-state index contributed by atoms with van der Waals surface area (Å²) in [5.41, 5.74) is 9.09. The number of aryl methyl sites for hydroxylation is 3. The highest BCUT2D eigenvalue weighted by molar-refractivity contribution is 5.77. The highest BCUT2D eigenvalue weighted by Gasteiger charge is 2.11. The Hall–Kier alpha value is -2.07. The molecule has 0 bridgehead atoms. The molecule has 0 radical (unpaired) electrons. The molecule has 1 aromatic carbocycles. The molecule has 0 aliphatic carbocycles. The first-order valence-electron chi connectivity index (χ1n) is 7.52. The van der Waals surface area contributed by atoms with Gasteiger partial charge in [0, 0.05) is 25.9 Å². The summed E-state index contributed by atoms with van der Waals surface area (Å²) in [5, 5.41) is 0. The van der Waals surface area contributed by atoms with Crippen molar-refractivity contribution >= 4 is 11.0 Å². The minimum atomic E-state index is 0.554. The number of rotatable bonds is 6. The average molecular weight is 283 g/mol. The number of hydrogen-bond acceptors (Lipinski definition) is 3. The first-order chi connectivity index (χ1) is 10.3. The molecule has 21 heavy (non-hydrogen) atoms. The second kappa shape index (κ2) is 6.14. The molecule has 0 fully saturated rings. The lowest BCUT2D eigenvalue weighted by molar-refractivity contribution is 0.503. The van der Waals surface area contributed by atoms with Crippen LogP contribution in [0.25, 0.3) is 11.0 Å². The van der Waals surface area contributed by atoms with Gasteiger partial charge in [0.2, 0.25) is 0 Å². The summed E-state index contributed by atoms with van der Waals surface area (Å²) in [5.74, 6) is 2.13. The lowest BCUT2D eigenvalue weighted by atomic mass is 10.2. The van der Waals surface area contributed by atoms with Gasteiger partial charge in [-0.1, -0.05) is 13.0 Å². The van der Waals surface area contributed by atoms with Gasteiger partial charge in [-0.05, 0) is 36.2 Å². The van der Waals surface area contributed by atoms with Crippen LogP contribution in [0.1, 0.15) is 30.5 Å². The minimum Gasteiger partial charge on any atom is -0.469 e. The van der Waals surface area contributed by atoms with Crippen LogP contribution < -0.4 is 5.73 Å². The highest BCUT2D eigenvalue weighted by atomic mass is 16.3. The molecule has 0 saturated heterocycles. The molecule has 3 aromatic rings. The lowest BCUT2D eigenvalue weighted by Gasteiger charge is -2.07. The van der Waals surface area contributed by atoms with Gasteiger partial charge in [0.25, 0.3) is 0 Å². The summed E-state index contributed by atoms with van der Waals surface area (Å²) >= 11 is 0. The summed E-state index contributed by atoms with van der Waals surface area (Å²) in [6.07, 6.45) is 4.58. The number of benzene rings is 1. The van der Waals surface area contributed by atoms with E-state index in [4.69, 9.17) is 15.1 Å². The highest BCUT2D eigenvalue weighted by Crippen LogP contribution is 2.20. The van der Waals surface area contributed by atoms with Gasteiger partial charge in [-0.15, -0.1) is 0 Å². The van der Waals surface area contributed by atoms with Crippen molar-refractivity contribution in [3.05, 3.63) is 53.7 Å². The predicted molar refractivity (Wildman–Crippen MR) is 84.0 cm³/mol. The molecule has 4 nitrogen and oxygen atoms in total.